The van der Waals surface area contributed by atoms with Crippen LogP contribution in [-0.2, 0) is 11.8 Å². The number of nitrogens with zero attached hydrogens (tertiary/aromatic N) is 2. The first-order valence-electron chi connectivity index (χ1n) is 4.18. The molecule has 1 heterocycles. The molecule has 0 spiro atoms. The Morgan fingerprint density at radius 1 is 1.69 bits per heavy atom. The van der Waals surface area contributed by atoms with E-state index in [9.17, 15) is 18.0 Å². The first-order chi connectivity index (χ1) is 7.23. The van der Waals surface area contributed by atoms with E-state index in [0.717, 1.165) is 10.9 Å². The van der Waals surface area contributed by atoms with Crippen LogP contribution in [0.4, 0.5) is 13.2 Å². The first kappa shape index (κ1) is 12.8. The van der Waals surface area contributed by atoms with Gasteiger partial charge in [-0.3, -0.25) is 4.79 Å². The highest BCUT2D eigenvalue weighted by Gasteiger charge is 2.44. The first-order valence-corrected chi connectivity index (χ1v) is 4.56. The van der Waals surface area contributed by atoms with Gasteiger partial charge < -0.3 is 9.67 Å². The van der Waals surface area contributed by atoms with Crippen LogP contribution in [0.2, 0.25) is 5.15 Å². The van der Waals surface area contributed by atoms with E-state index in [0.29, 0.717) is 0 Å². The fraction of sp³-hybridized carbons (Fsp3) is 0.500. The van der Waals surface area contributed by atoms with Crippen molar-refractivity contribution in [3.8, 4) is 0 Å². The van der Waals surface area contributed by atoms with Gasteiger partial charge in [0.2, 0.25) is 0 Å². The number of alkyl halides is 3. The summed E-state index contributed by atoms with van der Waals surface area (Å²) in [6, 6.07) is 0. The molecule has 4 nitrogen and oxygen atoms in total. The highest BCUT2D eigenvalue weighted by Crippen LogP contribution is 2.39. The van der Waals surface area contributed by atoms with E-state index < -0.39 is 24.5 Å². The second-order valence-corrected chi connectivity index (χ2v) is 3.58. The van der Waals surface area contributed by atoms with E-state index in [1.165, 1.54) is 7.05 Å². The summed E-state index contributed by atoms with van der Waals surface area (Å²) in [6.45, 7) is 0. The van der Waals surface area contributed by atoms with Gasteiger partial charge in [0.15, 0.2) is 5.15 Å². The minimum atomic E-state index is -4.67. The van der Waals surface area contributed by atoms with Crippen LogP contribution in [0, 0.1) is 0 Å². The Bertz CT molecular complexity index is 383. The molecule has 1 atom stereocenters. The SMILES string of the molecule is Cn1cnc(Cl)c1C(CC(=O)O)C(F)(F)F. The Kier molecular flexibility index (Phi) is 3.47. The van der Waals surface area contributed by atoms with Crippen molar-refractivity contribution in [1.29, 1.82) is 0 Å². The highest BCUT2D eigenvalue weighted by molar-refractivity contribution is 6.30. The molecule has 0 aliphatic rings. The van der Waals surface area contributed by atoms with Crippen molar-refractivity contribution in [2.75, 3.05) is 0 Å². The molecule has 8 heteroatoms. The third-order valence-electron chi connectivity index (χ3n) is 2.04. The molecular weight excluding hydrogens is 249 g/mol. The zero-order valence-electron chi connectivity index (χ0n) is 8.12. The van der Waals surface area contributed by atoms with Crippen molar-refractivity contribution < 1.29 is 23.1 Å². The molecule has 1 aromatic heterocycles. The van der Waals surface area contributed by atoms with Crippen LogP contribution in [0.15, 0.2) is 6.33 Å². The third kappa shape index (κ3) is 2.66. The van der Waals surface area contributed by atoms with Crippen molar-refractivity contribution in [2.45, 2.75) is 18.5 Å². The predicted octanol–water partition coefficient (Wildman–Crippen LogP) is 2.19. The van der Waals surface area contributed by atoms with E-state index in [2.05, 4.69) is 4.98 Å². The molecule has 0 aliphatic carbocycles. The number of carboxylic acid groups (broad SMARTS) is 1. The maximum absolute atomic E-state index is 12.6. The molecule has 0 bridgehead atoms. The van der Waals surface area contributed by atoms with Gasteiger partial charge >= 0.3 is 12.1 Å². The van der Waals surface area contributed by atoms with E-state index in [4.69, 9.17) is 16.7 Å². The van der Waals surface area contributed by atoms with Crippen LogP contribution >= 0.6 is 11.6 Å². The number of imidazole rings is 1. The summed E-state index contributed by atoms with van der Waals surface area (Å²) in [5, 5.41) is 8.13. The number of carbonyl (C=O) groups is 1. The van der Waals surface area contributed by atoms with Gasteiger partial charge in [-0.1, -0.05) is 11.6 Å². The van der Waals surface area contributed by atoms with Crippen LogP contribution in [0.3, 0.4) is 0 Å². The van der Waals surface area contributed by atoms with E-state index >= 15 is 0 Å². The van der Waals surface area contributed by atoms with Gasteiger partial charge in [-0.25, -0.2) is 4.98 Å². The van der Waals surface area contributed by atoms with Gasteiger partial charge in [0, 0.05) is 7.05 Å². The summed E-state index contributed by atoms with van der Waals surface area (Å²) in [4.78, 5) is 13.9. The van der Waals surface area contributed by atoms with Crippen molar-refractivity contribution in [3.05, 3.63) is 17.2 Å². The molecule has 0 aliphatic heterocycles. The van der Waals surface area contributed by atoms with Crippen molar-refractivity contribution in [2.24, 2.45) is 7.05 Å². The molecule has 90 valence electrons. The molecule has 1 N–H and O–H groups in total. The summed E-state index contributed by atoms with van der Waals surface area (Å²) in [5.74, 6) is -3.69. The standard InChI is InChI=1S/C8H8ClF3N2O2/c1-14-3-13-7(9)6(14)4(2-5(15)16)8(10,11)12/h3-4H,2H2,1H3,(H,15,16). The Morgan fingerprint density at radius 3 is 2.56 bits per heavy atom. The summed E-state index contributed by atoms with van der Waals surface area (Å²) >= 11 is 5.50. The summed E-state index contributed by atoms with van der Waals surface area (Å²) in [5.41, 5.74) is -0.337. The third-order valence-corrected chi connectivity index (χ3v) is 2.33. The van der Waals surface area contributed by atoms with Gasteiger partial charge in [0.1, 0.15) is 5.92 Å². The minimum Gasteiger partial charge on any atom is -0.481 e. The zero-order valence-corrected chi connectivity index (χ0v) is 8.88. The van der Waals surface area contributed by atoms with E-state index in [1.807, 2.05) is 0 Å². The molecule has 0 amide bonds. The summed E-state index contributed by atoms with van der Waals surface area (Å²) < 4.78 is 39.0. The lowest BCUT2D eigenvalue weighted by Gasteiger charge is -2.19. The number of rotatable bonds is 3. The molecule has 1 rings (SSSR count). The predicted molar refractivity (Wildman–Crippen MR) is 49.3 cm³/mol. The zero-order chi connectivity index (χ0) is 12.5. The molecular formula is C8H8ClF3N2O2. The maximum atomic E-state index is 12.6. The maximum Gasteiger partial charge on any atom is 0.397 e. The van der Waals surface area contributed by atoms with Crippen LogP contribution in [0.1, 0.15) is 18.0 Å². The Morgan fingerprint density at radius 2 is 2.25 bits per heavy atom. The summed E-state index contributed by atoms with van der Waals surface area (Å²) in [7, 11) is 1.33. The lowest BCUT2D eigenvalue weighted by Crippen LogP contribution is -2.25. The van der Waals surface area contributed by atoms with E-state index in [-0.39, 0.29) is 10.8 Å². The number of carboxylic acids is 1. The van der Waals surface area contributed by atoms with Crippen molar-refractivity contribution in [1.82, 2.24) is 9.55 Å². The van der Waals surface area contributed by atoms with E-state index in [1.54, 1.807) is 0 Å². The normalized spacial score (nSPS) is 13.8. The van der Waals surface area contributed by atoms with Crippen LogP contribution < -0.4 is 0 Å². The van der Waals surface area contributed by atoms with Crippen LogP contribution in [-0.4, -0.2) is 26.8 Å². The fourth-order valence-corrected chi connectivity index (χ4v) is 1.65. The Labute approximate surface area is 93.7 Å². The van der Waals surface area contributed by atoms with Crippen molar-refractivity contribution >= 4 is 17.6 Å². The molecule has 0 fully saturated rings. The molecule has 0 radical (unpaired) electrons. The van der Waals surface area contributed by atoms with Gasteiger partial charge in [-0.05, 0) is 0 Å². The van der Waals surface area contributed by atoms with Crippen LogP contribution in [0.25, 0.3) is 0 Å². The Balaban J connectivity index is 3.16. The van der Waals surface area contributed by atoms with Gasteiger partial charge in [-0.2, -0.15) is 13.2 Å². The lowest BCUT2D eigenvalue weighted by molar-refractivity contribution is -0.164. The molecule has 16 heavy (non-hydrogen) atoms. The second-order valence-electron chi connectivity index (χ2n) is 3.22. The lowest BCUT2D eigenvalue weighted by atomic mass is 10.0. The number of aliphatic carboxylic acids is 1. The molecule has 0 saturated heterocycles. The number of aromatic nitrogens is 2. The molecule has 0 aromatic carbocycles. The summed E-state index contributed by atoms with van der Waals surface area (Å²) in [6.07, 6.45) is -4.63. The Hall–Kier alpha value is -1.24. The number of aryl methyl sites for hydroxylation is 1. The average Bonchev–Trinajstić information content (AvgIpc) is 2.41. The largest absolute Gasteiger partial charge is 0.481 e. The number of hydrogen-bond acceptors (Lipinski definition) is 2. The fourth-order valence-electron chi connectivity index (χ4n) is 1.34. The monoisotopic (exact) mass is 256 g/mol. The number of hydrogen-bond donors (Lipinski definition) is 1. The second kappa shape index (κ2) is 4.32. The van der Waals surface area contributed by atoms with Crippen LogP contribution in [0.5, 0.6) is 0 Å². The minimum absolute atomic E-state index is 0.328. The van der Waals surface area contributed by atoms with Crippen molar-refractivity contribution in [3.63, 3.8) is 0 Å². The van der Waals surface area contributed by atoms with Gasteiger partial charge in [0.05, 0.1) is 18.4 Å². The van der Waals surface area contributed by atoms with Gasteiger partial charge in [0.25, 0.3) is 0 Å². The molecule has 1 unspecified atom stereocenters. The van der Waals surface area contributed by atoms with Gasteiger partial charge in [-0.15, -0.1) is 0 Å². The smallest absolute Gasteiger partial charge is 0.397 e. The quantitative estimate of drug-likeness (QED) is 0.902. The number of halogens is 4. The molecule has 1 aromatic rings. The topological polar surface area (TPSA) is 55.1 Å². The molecule has 0 saturated carbocycles. The average molecular weight is 257 g/mol. The highest BCUT2D eigenvalue weighted by atomic mass is 35.5.